The number of hydrogen-bond donors (Lipinski definition) is 6. The average Bonchev–Trinajstić information content (AvgIpc) is 3.70. The molecule has 15 heteroatoms. The quantitative estimate of drug-likeness (QED) is 0.107. The largest absolute Gasteiger partial charge is 0.497 e. The maximum Gasteiger partial charge on any atom is 0.264 e. The smallest absolute Gasteiger partial charge is 0.264 e. The zero-order valence-electron chi connectivity index (χ0n) is 37.7. The molecule has 3 amide bonds. The van der Waals surface area contributed by atoms with E-state index in [-0.39, 0.29) is 42.6 Å². The van der Waals surface area contributed by atoms with Gasteiger partial charge in [0.15, 0.2) is 18.0 Å². The Morgan fingerprint density at radius 2 is 1.66 bits per heavy atom. The Morgan fingerprint density at radius 1 is 0.953 bits per heavy atom. The third-order valence-corrected chi connectivity index (χ3v) is 18.3. The van der Waals surface area contributed by atoms with Crippen LogP contribution in [0.3, 0.4) is 0 Å². The lowest BCUT2D eigenvalue weighted by molar-refractivity contribution is -0.274. The Bertz CT molecular complexity index is 2280. The highest BCUT2D eigenvalue weighted by Gasteiger charge is 2.66. The minimum absolute atomic E-state index is 0.0438. The fourth-order valence-corrected chi connectivity index (χ4v) is 14.3. The fourth-order valence-electron chi connectivity index (χ4n) is 10.3. The maximum atomic E-state index is 15.5. The van der Waals surface area contributed by atoms with Gasteiger partial charge in [0.2, 0.25) is 5.91 Å². The molecule has 2 saturated heterocycles. The molecule has 64 heavy (non-hydrogen) atoms. The Kier molecular flexibility index (Phi) is 14.0. The van der Waals surface area contributed by atoms with E-state index in [1.165, 1.54) is 5.57 Å². The Labute approximate surface area is 376 Å². The fraction of sp³-hybridized carbons (Fsp3) is 0.490. The number of methoxy groups -OCH3 is 1. The lowest BCUT2D eigenvalue weighted by atomic mass is 9.82. The molecule has 4 aliphatic rings. The van der Waals surface area contributed by atoms with Gasteiger partial charge in [-0.3, -0.25) is 14.4 Å². The second kappa shape index (κ2) is 19.0. The summed E-state index contributed by atoms with van der Waals surface area (Å²) in [6.45, 7) is 13.0. The molecule has 1 spiro atoms. The van der Waals surface area contributed by atoms with Crippen LogP contribution in [-0.4, -0.2) is 119 Å². The molecule has 3 aromatic rings. The first kappa shape index (κ1) is 47.3. The Hall–Kier alpha value is -4.71. The van der Waals surface area contributed by atoms with Crippen LogP contribution in [0, 0.1) is 5.92 Å². The summed E-state index contributed by atoms with van der Waals surface area (Å²) < 4.78 is 18.0. The molecule has 4 aliphatic heterocycles. The molecule has 0 saturated carbocycles. The van der Waals surface area contributed by atoms with Gasteiger partial charge in [0.05, 0.1) is 46.0 Å². The first-order valence-corrected chi connectivity index (χ1v) is 25.2. The van der Waals surface area contributed by atoms with Crippen LogP contribution in [0.2, 0.25) is 18.6 Å². The van der Waals surface area contributed by atoms with E-state index in [9.17, 15) is 35.1 Å². The predicted octanol–water partition coefficient (Wildman–Crippen LogP) is 4.02. The molecule has 14 nitrogen and oxygen atoms in total. The predicted molar refractivity (Wildman–Crippen MR) is 245 cm³/mol. The van der Waals surface area contributed by atoms with Gasteiger partial charge < -0.3 is 54.9 Å². The summed E-state index contributed by atoms with van der Waals surface area (Å²) in [6.07, 6.45) is -3.54. The van der Waals surface area contributed by atoms with E-state index >= 15 is 4.79 Å². The molecule has 3 aromatic carbocycles. The van der Waals surface area contributed by atoms with E-state index in [1.54, 1.807) is 35.1 Å². The molecule has 0 aliphatic carbocycles. The van der Waals surface area contributed by atoms with Crippen LogP contribution < -0.4 is 20.1 Å². The van der Waals surface area contributed by atoms with Crippen LogP contribution in [0.5, 0.6) is 5.75 Å². The monoisotopic (exact) mass is 897 g/mol. The summed E-state index contributed by atoms with van der Waals surface area (Å²) in [4.78, 5) is 47.3. The third-order valence-electron chi connectivity index (χ3n) is 13.9. The van der Waals surface area contributed by atoms with Gasteiger partial charge in [0, 0.05) is 30.3 Å². The first-order valence-electron chi connectivity index (χ1n) is 22.2. The number of hydrogen-bond acceptors (Lipinski definition) is 11. The molecule has 344 valence electrons. The number of nitrogens with one attached hydrogen (secondary N) is 1. The Balaban J connectivity index is 1.30. The normalized spacial score (nSPS) is 29.1. The van der Waals surface area contributed by atoms with Crippen molar-refractivity contribution < 1.29 is 54.1 Å². The van der Waals surface area contributed by atoms with Crippen molar-refractivity contribution in [3.63, 3.8) is 0 Å². The van der Waals surface area contributed by atoms with Crippen molar-refractivity contribution in [1.82, 2.24) is 4.90 Å². The highest BCUT2D eigenvalue weighted by Crippen LogP contribution is 2.60. The van der Waals surface area contributed by atoms with Crippen molar-refractivity contribution >= 4 is 42.4 Å². The zero-order chi connectivity index (χ0) is 46.2. The molecular formula is C49H63N3O11Si. The number of ether oxygens (including phenoxy) is 3. The van der Waals surface area contributed by atoms with Crippen molar-refractivity contribution in [2.45, 2.75) is 127 Å². The molecular weight excluding hydrogens is 835 g/mol. The van der Waals surface area contributed by atoms with Gasteiger partial charge in [0.25, 0.3) is 11.8 Å². The van der Waals surface area contributed by atoms with E-state index in [1.807, 2.05) is 68.5 Å². The molecule has 0 unspecified atom stereocenters. The lowest BCUT2D eigenvalue weighted by Gasteiger charge is -2.39. The second-order valence-corrected chi connectivity index (χ2v) is 23.3. The summed E-state index contributed by atoms with van der Waals surface area (Å²) in [5.41, 5.74) is 3.84. The topological polar surface area (TPSA) is 199 Å². The van der Waals surface area contributed by atoms with E-state index in [4.69, 9.17) is 14.2 Å². The number of rotatable bonds is 13. The van der Waals surface area contributed by atoms with Gasteiger partial charge in [-0.25, -0.2) is 0 Å². The van der Waals surface area contributed by atoms with Crippen LogP contribution in [0.4, 0.5) is 11.4 Å². The lowest BCUT2D eigenvalue weighted by Crippen LogP contribution is -2.60. The number of aliphatic hydroxyl groups excluding tert-OH is 5. The molecule has 4 heterocycles. The van der Waals surface area contributed by atoms with Crippen molar-refractivity contribution in [3.05, 3.63) is 107 Å². The van der Waals surface area contributed by atoms with E-state index in [0.29, 0.717) is 30.0 Å². The second-order valence-electron chi connectivity index (χ2n) is 18.6. The number of carbonyl (C=O) groups excluding carboxylic acids is 3. The molecule has 2 fully saturated rings. The van der Waals surface area contributed by atoms with Gasteiger partial charge >= 0.3 is 0 Å². The standard InChI is InChI=1S/C49H63N3O11Si/c1-28(2)11-10-12-29(3)21-22-51-38-20-15-33(50-46(58)44-42(56)41(55)43(57)47(59)62-44)24-37(38)49(48(51)60)30(4)45(64(6,7)36-18-16-35(61-5)17-19-36)39(63-49)25-40(54)52-26-32-14-9-8-13-31(32)23-34(52)27-53/h8-9,11,13-21,24,30,34,39,41-45,47,53,55-57,59H,10,12,22-23,25-27H2,1-7H3,(H,50,58)/b29-21+/t30-,34-,39+,41-,42-,43+,44-,45-,47+,49+/m0/s1. The van der Waals surface area contributed by atoms with Gasteiger partial charge in [0.1, 0.15) is 24.1 Å². The number of allylic oxidation sites excluding steroid dienone is 3. The van der Waals surface area contributed by atoms with Crippen LogP contribution in [0.15, 0.2) is 90.0 Å². The van der Waals surface area contributed by atoms with Crippen LogP contribution in [0.25, 0.3) is 0 Å². The third kappa shape index (κ3) is 8.84. The highest BCUT2D eigenvalue weighted by molar-refractivity contribution is 6.91. The maximum absolute atomic E-state index is 15.5. The minimum Gasteiger partial charge on any atom is -0.497 e. The van der Waals surface area contributed by atoms with Gasteiger partial charge in [-0.05, 0) is 87.0 Å². The average molecular weight is 898 g/mol. The number of benzene rings is 3. The van der Waals surface area contributed by atoms with Crippen molar-refractivity contribution in [1.29, 1.82) is 0 Å². The highest BCUT2D eigenvalue weighted by atomic mass is 28.3. The van der Waals surface area contributed by atoms with Gasteiger partial charge in [-0.15, -0.1) is 0 Å². The zero-order valence-corrected chi connectivity index (χ0v) is 38.7. The van der Waals surface area contributed by atoms with Crippen molar-refractivity contribution in [2.75, 3.05) is 30.5 Å². The summed E-state index contributed by atoms with van der Waals surface area (Å²) in [6, 6.07) is 20.5. The molecule has 6 N–H and O–H groups in total. The molecule has 0 radical (unpaired) electrons. The van der Waals surface area contributed by atoms with Gasteiger partial charge in [-0.1, -0.05) is 84.9 Å². The number of anilines is 2. The summed E-state index contributed by atoms with van der Waals surface area (Å²) in [5, 5.41) is 55.6. The summed E-state index contributed by atoms with van der Waals surface area (Å²) in [5.74, 6) is -1.17. The molecule has 7 rings (SSSR count). The van der Waals surface area contributed by atoms with Crippen molar-refractivity contribution in [2.24, 2.45) is 5.92 Å². The number of aliphatic hydroxyl groups is 5. The molecule has 10 atom stereocenters. The van der Waals surface area contributed by atoms with Crippen molar-refractivity contribution in [3.8, 4) is 5.75 Å². The number of fused-ring (bicyclic) bond motifs is 3. The molecule has 0 bridgehead atoms. The Morgan fingerprint density at radius 3 is 2.33 bits per heavy atom. The number of amides is 3. The van der Waals surface area contributed by atoms with Gasteiger partial charge in [-0.2, -0.15) is 0 Å². The molecule has 0 aromatic heterocycles. The summed E-state index contributed by atoms with van der Waals surface area (Å²) >= 11 is 0. The minimum atomic E-state index is -2.69. The van der Waals surface area contributed by atoms with E-state index in [0.717, 1.165) is 34.7 Å². The number of carbonyl (C=O) groups is 3. The summed E-state index contributed by atoms with van der Waals surface area (Å²) in [7, 11) is -1.08. The number of nitrogens with zero attached hydrogens (tertiary/aromatic N) is 2. The van der Waals surface area contributed by atoms with E-state index in [2.05, 4.69) is 38.3 Å². The SMILES string of the molecule is COc1ccc([Si](C)(C)[C@@H]2[C@@H](CC(=O)N3Cc4ccccc4C[C@H]3CO)O[C@]3(C(=O)N(C/C=C(\C)CCC=C(C)C)c4ccc(NC(=O)[C@H]5O[C@@H](O)[C@H](O)[C@@H](O)[C@@H]5O)cc43)[C@H]2C)cc1. The first-order chi connectivity index (χ1) is 30.4. The van der Waals surface area contributed by atoms with Crippen LogP contribution >= 0.6 is 0 Å². The van der Waals surface area contributed by atoms with Crippen LogP contribution in [0.1, 0.15) is 63.6 Å². The van der Waals surface area contributed by atoms with Crippen LogP contribution in [-0.2, 0) is 42.4 Å². The van der Waals surface area contributed by atoms with E-state index < -0.39 is 68.4 Å².